The van der Waals surface area contributed by atoms with Crippen LogP contribution in [0.4, 0.5) is 10.5 Å². The van der Waals surface area contributed by atoms with Gasteiger partial charge in [0.05, 0.1) is 13.0 Å². The number of carbonyl (C=O) groups is 3. The third-order valence-corrected chi connectivity index (χ3v) is 2.95. The summed E-state index contributed by atoms with van der Waals surface area (Å²) in [6, 6.07) is 5.18. The van der Waals surface area contributed by atoms with Crippen molar-refractivity contribution in [1.29, 1.82) is 0 Å². The van der Waals surface area contributed by atoms with E-state index in [2.05, 4.69) is 11.1 Å². The molecule has 2 rings (SSSR count). The van der Waals surface area contributed by atoms with Crippen LogP contribution >= 0.6 is 0 Å². The van der Waals surface area contributed by atoms with Gasteiger partial charge in [0.1, 0.15) is 6.04 Å². The summed E-state index contributed by atoms with van der Waals surface area (Å²) in [5, 5.41) is 11.3. The zero-order valence-electron chi connectivity index (χ0n) is 10.1. The van der Waals surface area contributed by atoms with Crippen LogP contribution in [0.2, 0.25) is 0 Å². The van der Waals surface area contributed by atoms with Gasteiger partial charge >= 0.3 is 12.0 Å². The number of rotatable bonds is 3. The highest BCUT2D eigenvalue weighted by Crippen LogP contribution is 2.21. The number of quaternary nitrogens is 1. The highest BCUT2D eigenvalue weighted by Gasteiger charge is 2.45. The van der Waals surface area contributed by atoms with Crippen LogP contribution in [-0.2, 0) is 16.1 Å². The Hall–Kier alpha value is -2.41. The minimum Gasteiger partial charge on any atom is -0.480 e. The number of anilines is 1. The van der Waals surface area contributed by atoms with Crippen LogP contribution < -0.4 is 11.1 Å². The number of carboxylic acids is 1. The fourth-order valence-electron chi connectivity index (χ4n) is 1.81. The second-order valence-corrected chi connectivity index (χ2v) is 4.20. The average Bonchev–Trinajstić information content (AvgIpc) is 2.36. The Bertz CT molecular complexity index is 526. The zero-order valence-corrected chi connectivity index (χ0v) is 10.1. The monoisotopic (exact) mass is 264 g/mol. The van der Waals surface area contributed by atoms with Crippen molar-refractivity contribution in [3.8, 4) is 0 Å². The van der Waals surface area contributed by atoms with E-state index in [9.17, 15) is 14.4 Å². The van der Waals surface area contributed by atoms with E-state index in [-0.39, 0.29) is 6.42 Å². The van der Waals surface area contributed by atoms with Crippen LogP contribution in [0.15, 0.2) is 24.3 Å². The van der Waals surface area contributed by atoms with Crippen LogP contribution in [-0.4, -0.2) is 34.0 Å². The van der Waals surface area contributed by atoms with Crippen molar-refractivity contribution < 1.29 is 25.2 Å². The number of hydrogen-bond acceptors (Lipinski definition) is 3. The molecule has 0 aromatic heterocycles. The molecule has 1 aliphatic rings. The Morgan fingerprint density at radius 2 is 2.00 bits per heavy atom. The summed E-state index contributed by atoms with van der Waals surface area (Å²) in [7, 11) is 0. The van der Waals surface area contributed by atoms with Gasteiger partial charge in [-0.15, -0.1) is 0 Å². The van der Waals surface area contributed by atoms with Crippen molar-refractivity contribution in [1.82, 2.24) is 4.90 Å². The van der Waals surface area contributed by atoms with E-state index in [1.165, 1.54) is 0 Å². The summed E-state index contributed by atoms with van der Waals surface area (Å²) in [5.41, 5.74) is 5.25. The van der Waals surface area contributed by atoms with Gasteiger partial charge in [0.25, 0.3) is 0 Å². The first-order valence-electron chi connectivity index (χ1n) is 5.77. The minimum atomic E-state index is -1.18. The van der Waals surface area contributed by atoms with E-state index in [0.29, 0.717) is 12.2 Å². The van der Waals surface area contributed by atoms with Gasteiger partial charge in [-0.1, -0.05) is 12.1 Å². The molecular formula is C12H14N3O4+. The highest BCUT2D eigenvalue weighted by atomic mass is 16.4. The van der Waals surface area contributed by atoms with Crippen molar-refractivity contribution >= 4 is 23.6 Å². The van der Waals surface area contributed by atoms with E-state index in [4.69, 9.17) is 5.11 Å². The predicted octanol–water partition coefficient (Wildman–Crippen LogP) is -0.354. The first kappa shape index (κ1) is 13.0. The largest absolute Gasteiger partial charge is 0.480 e. The quantitative estimate of drug-likeness (QED) is 0.647. The molecule has 1 aromatic rings. The standard InChI is InChI=1S/C12H13N3O4/c13-6-7-1-3-8(4-2-7)14-12(19)15-9(11(17)18)5-10(15)16/h1-4,9H,5-6,13H2,(H,14,19)(H,17,18)/p+1/t9-/m0/s1. The maximum Gasteiger partial charge on any atom is 0.329 e. The summed E-state index contributed by atoms with van der Waals surface area (Å²) >= 11 is 0. The van der Waals surface area contributed by atoms with Crippen molar-refractivity contribution in [2.75, 3.05) is 5.32 Å². The molecule has 1 fully saturated rings. The van der Waals surface area contributed by atoms with Crippen LogP contribution in [0.5, 0.6) is 0 Å². The third-order valence-electron chi connectivity index (χ3n) is 2.95. The number of hydrogen-bond donors (Lipinski definition) is 3. The lowest BCUT2D eigenvalue weighted by molar-refractivity contribution is -0.386. The number of carboxylic acid groups (broad SMARTS) is 1. The normalized spacial score (nSPS) is 17.8. The summed E-state index contributed by atoms with van der Waals surface area (Å²) in [5.74, 6) is -1.67. The van der Waals surface area contributed by atoms with Gasteiger partial charge in [-0.3, -0.25) is 4.79 Å². The van der Waals surface area contributed by atoms with Crippen molar-refractivity contribution in [2.24, 2.45) is 0 Å². The number of nitrogens with zero attached hydrogens (tertiary/aromatic N) is 1. The molecule has 19 heavy (non-hydrogen) atoms. The molecular weight excluding hydrogens is 250 g/mol. The van der Waals surface area contributed by atoms with Crippen molar-refractivity contribution in [3.05, 3.63) is 29.8 Å². The highest BCUT2D eigenvalue weighted by molar-refractivity contribution is 6.09. The topological polar surface area (TPSA) is 114 Å². The lowest BCUT2D eigenvalue weighted by Crippen LogP contribution is -2.60. The third kappa shape index (κ3) is 2.55. The fraction of sp³-hybridized carbons (Fsp3) is 0.250. The van der Waals surface area contributed by atoms with Crippen LogP contribution in [0, 0.1) is 0 Å². The summed E-state index contributed by atoms with van der Waals surface area (Å²) in [6.45, 7) is 0.639. The number of amides is 3. The molecule has 1 aromatic carbocycles. The van der Waals surface area contributed by atoms with Gasteiger partial charge in [-0.25, -0.2) is 14.5 Å². The Kier molecular flexibility index (Phi) is 3.48. The number of likely N-dealkylation sites (tertiary alicyclic amines) is 1. The van der Waals surface area contributed by atoms with E-state index < -0.39 is 23.9 Å². The first-order chi connectivity index (χ1) is 9.02. The lowest BCUT2D eigenvalue weighted by Gasteiger charge is -2.35. The number of benzene rings is 1. The van der Waals surface area contributed by atoms with Gasteiger partial charge in [-0.2, -0.15) is 0 Å². The molecule has 7 heteroatoms. The molecule has 1 heterocycles. The molecule has 1 atom stereocenters. The summed E-state index contributed by atoms with van der Waals surface area (Å²) in [6.07, 6.45) is -0.136. The number of carbonyl (C=O) groups excluding carboxylic acids is 2. The van der Waals surface area contributed by atoms with Crippen LogP contribution in [0.3, 0.4) is 0 Å². The molecule has 1 saturated heterocycles. The van der Waals surface area contributed by atoms with E-state index in [0.717, 1.165) is 10.5 Å². The van der Waals surface area contributed by atoms with Gasteiger partial charge in [0.15, 0.2) is 0 Å². The van der Waals surface area contributed by atoms with Gasteiger partial charge in [0.2, 0.25) is 5.91 Å². The maximum atomic E-state index is 11.8. The van der Waals surface area contributed by atoms with E-state index in [1.807, 2.05) is 0 Å². The van der Waals surface area contributed by atoms with Gasteiger partial charge < -0.3 is 16.2 Å². The Morgan fingerprint density at radius 3 is 2.47 bits per heavy atom. The van der Waals surface area contributed by atoms with Gasteiger partial charge in [-0.05, 0) is 12.1 Å². The molecule has 3 amide bonds. The van der Waals surface area contributed by atoms with E-state index in [1.54, 1.807) is 24.3 Å². The minimum absolute atomic E-state index is 0.136. The zero-order chi connectivity index (χ0) is 14.0. The Morgan fingerprint density at radius 1 is 1.37 bits per heavy atom. The molecule has 7 nitrogen and oxygen atoms in total. The number of nitrogens with one attached hydrogen (secondary N) is 1. The molecule has 1 aliphatic heterocycles. The van der Waals surface area contributed by atoms with Gasteiger partial charge in [0, 0.05) is 11.3 Å². The smallest absolute Gasteiger partial charge is 0.329 e. The summed E-state index contributed by atoms with van der Waals surface area (Å²) < 4.78 is 0. The number of aliphatic carboxylic acids is 1. The Labute approximate surface area is 109 Å². The fourth-order valence-corrected chi connectivity index (χ4v) is 1.81. The van der Waals surface area contributed by atoms with Crippen LogP contribution in [0.25, 0.3) is 0 Å². The Balaban J connectivity index is 2.04. The molecule has 0 bridgehead atoms. The summed E-state index contributed by atoms with van der Waals surface area (Å²) in [4.78, 5) is 34.6. The van der Waals surface area contributed by atoms with Crippen LogP contribution in [0.1, 0.15) is 12.0 Å². The molecule has 5 N–H and O–H groups in total. The predicted molar refractivity (Wildman–Crippen MR) is 64.9 cm³/mol. The molecule has 0 spiro atoms. The maximum absolute atomic E-state index is 11.8. The molecule has 0 saturated carbocycles. The molecule has 100 valence electrons. The number of urea groups is 1. The first-order valence-corrected chi connectivity index (χ1v) is 5.77. The molecule has 0 aliphatic carbocycles. The molecule has 0 unspecified atom stereocenters. The SMILES string of the molecule is [NH3+]Cc1ccc(NC(=O)N2C(=O)C[C@H]2C(=O)O)cc1. The number of β-lactam (4-membered cyclic amide) rings is 1. The van der Waals surface area contributed by atoms with E-state index >= 15 is 0 Å². The van der Waals surface area contributed by atoms with Crippen molar-refractivity contribution in [3.63, 3.8) is 0 Å². The lowest BCUT2D eigenvalue weighted by atomic mass is 10.0. The number of imide groups is 1. The second kappa shape index (κ2) is 5.07. The second-order valence-electron chi connectivity index (χ2n) is 4.20. The average molecular weight is 264 g/mol. The van der Waals surface area contributed by atoms with Crippen molar-refractivity contribution in [2.45, 2.75) is 19.0 Å². The molecule has 0 radical (unpaired) electrons.